The highest BCUT2D eigenvalue weighted by Gasteiger charge is 2.20. The Balaban J connectivity index is 0.00000364. The topological polar surface area (TPSA) is 131 Å². The van der Waals surface area contributed by atoms with Crippen molar-refractivity contribution in [3.05, 3.63) is 65.7 Å². The lowest BCUT2D eigenvalue weighted by Crippen LogP contribution is -2.51. The number of rotatable bonds is 6. The van der Waals surface area contributed by atoms with E-state index in [0.717, 1.165) is 10.6 Å². The second kappa shape index (κ2) is 10.0. The normalized spacial score (nSPS) is 11.6. The number of hydrazine groups is 1. The Morgan fingerprint density at radius 1 is 1.15 bits per heavy atom. The number of benzene rings is 2. The summed E-state index contributed by atoms with van der Waals surface area (Å²) in [6.45, 7) is 0.431. The summed E-state index contributed by atoms with van der Waals surface area (Å²) in [5.41, 5.74) is 9.94. The summed E-state index contributed by atoms with van der Waals surface area (Å²) in [5, 5.41) is 6.20. The van der Waals surface area contributed by atoms with Crippen LogP contribution in [-0.4, -0.2) is 38.9 Å². The number of halogens is 1. The Hall–Kier alpha value is -2.46. The SMILES string of the molecule is CN=C(N)N(NCCc1ccccc1)C(=O)c1cccc(S(N)(=O)=O)c1.Cl. The monoisotopic (exact) mass is 411 g/mol. The van der Waals surface area contributed by atoms with Crippen LogP contribution in [0, 0.1) is 0 Å². The van der Waals surface area contributed by atoms with E-state index in [9.17, 15) is 13.2 Å². The van der Waals surface area contributed by atoms with Gasteiger partial charge in [0.25, 0.3) is 5.91 Å². The van der Waals surface area contributed by atoms with Gasteiger partial charge in [-0.15, -0.1) is 12.4 Å². The lowest BCUT2D eigenvalue weighted by atomic mass is 10.1. The summed E-state index contributed by atoms with van der Waals surface area (Å²) >= 11 is 0. The van der Waals surface area contributed by atoms with Crippen LogP contribution < -0.4 is 16.3 Å². The number of nitrogens with two attached hydrogens (primary N) is 2. The summed E-state index contributed by atoms with van der Waals surface area (Å²) in [5.74, 6) is -0.573. The Kier molecular flexibility index (Phi) is 8.38. The van der Waals surface area contributed by atoms with Crippen molar-refractivity contribution < 1.29 is 13.2 Å². The fourth-order valence-corrected chi connectivity index (χ4v) is 2.81. The molecule has 10 heteroatoms. The molecule has 0 aliphatic carbocycles. The molecule has 1 amide bonds. The van der Waals surface area contributed by atoms with Gasteiger partial charge in [0.2, 0.25) is 16.0 Å². The van der Waals surface area contributed by atoms with E-state index in [0.29, 0.717) is 13.0 Å². The first-order valence-corrected chi connectivity index (χ1v) is 9.34. The van der Waals surface area contributed by atoms with Crippen LogP contribution >= 0.6 is 12.4 Å². The Morgan fingerprint density at radius 2 is 1.81 bits per heavy atom. The van der Waals surface area contributed by atoms with E-state index in [1.54, 1.807) is 0 Å². The lowest BCUT2D eigenvalue weighted by molar-refractivity contribution is 0.0789. The standard InChI is InChI=1S/C17H21N5O3S.ClH/c1-20-17(18)22(21-11-10-13-6-3-2-4-7-13)16(23)14-8-5-9-15(12-14)26(19,24)25;/h2-9,12,21H,10-11H2,1H3,(H2,18,20)(H2,19,24,25);1H. The average Bonchev–Trinajstić information content (AvgIpc) is 2.64. The van der Waals surface area contributed by atoms with Crippen molar-refractivity contribution in [3.8, 4) is 0 Å². The van der Waals surface area contributed by atoms with Crippen molar-refractivity contribution in [1.82, 2.24) is 10.4 Å². The van der Waals surface area contributed by atoms with E-state index in [1.807, 2.05) is 30.3 Å². The van der Waals surface area contributed by atoms with Gasteiger partial charge in [0.1, 0.15) is 0 Å². The molecule has 0 aliphatic rings. The molecule has 0 saturated heterocycles. The van der Waals surface area contributed by atoms with Gasteiger partial charge in [-0.05, 0) is 30.2 Å². The zero-order valence-corrected chi connectivity index (χ0v) is 16.3. The van der Waals surface area contributed by atoms with E-state index in [1.165, 1.54) is 31.3 Å². The second-order valence-corrected chi connectivity index (χ2v) is 7.00. The molecule has 0 heterocycles. The first kappa shape index (κ1) is 22.6. The Labute approximate surface area is 164 Å². The van der Waals surface area contributed by atoms with E-state index in [-0.39, 0.29) is 28.8 Å². The van der Waals surface area contributed by atoms with Crippen LogP contribution in [0.15, 0.2) is 64.5 Å². The molecule has 5 N–H and O–H groups in total. The number of nitrogens with one attached hydrogen (secondary N) is 1. The molecule has 0 aromatic heterocycles. The fraction of sp³-hybridized carbons (Fsp3) is 0.176. The minimum atomic E-state index is -3.92. The molecule has 0 aliphatic heterocycles. The molecular weight excluding hydrogens is 390 g/mol. The smallest absolute Gasteiger partial charge is 0.275 e. The molecule has 8 nitrogen and oxygen atoms in total. The van der Waals surface area contributed by atoms with Crippen LogP contribution in [0.1, 0.15) is 15.9 Å². The largest absolute Gasteiger partial charge is 0.368 e. The molecule has 0 spiro atoms. The third-order valence-corrected chi connectivity index (χ3v) is 4.51. The quantitative estimate of drug-likeness (QED) is 0.369. The predicted octanol–water partition coefficient (Wildman–Crippen LogP) is 0.890. The van der Waals surface area contributed by atoms with Gasteiger partial charge in [0, 0.05) is 19.2 Å². The number of carbonyl (C=O) groups is 1. The number of aliphatic imine (C=N–C) groups is 1. The summed E-state index contributed by atoms with van der Waals surface area (Å²) in [7, 11) is -2.46. The van der Waals surface area contributed by atoms with Crippen molar-refractivity contribution in [3.63, 3.8) is 0 Å². The number of hydrogen-bond donors (Lipinski definition) is 3. The van der Waals surface area contributed by atoms with Gasteiger partial charge in [-0.3, -0.25) is 9.79 Å². The minimum absolute atomic E-state index is 0. The predicted molar refractivity (Wildman–Crippen MR) is 107 cm³/mol. The highest BCUT2D eigenvalue weighted by atomic mass is 35.5. The van der Waals surface area contributed by atoms with E-state index < -0.39 is 15.9 Å². The second-order valence-electron chi connectivity index (χ2n) is 5.44. The fourth-order valence-electron chi connectivity index (χ4n) is 2.25. The number of carbonyl (C=O) groups excluding carboxylic acids is 1. The number of primary sulfonamides is 1. The first-order valence-electron chi connectivity index (χ1n) is 7.80. The highest BCUT2D eigenvalue weighted by molar-refractivity contribution is 7.89. The van der Waals surface area contributed by atoms with E-state index in [2.05, 4.69) is 10.4 Å². The zero-order valence-electron chi connectivity index (χ0n) is 14.7. The first-order chi connectivity index (χ1) is 12.3. The van der Waals surface area contributed by atoms with Gasteiger partial charge < -0.3 is 5.73 Å². The number of guanidine groups is 1. The molecule has 146 valence electrons. The molecule has 0 saturated carbocycles. The molecule has 0 bridgehead atoms. The molecule has 2 rings (SSSR count). The third-order valence-electron chi connectivity index (χ3n) is 3.60. The van der Waals surface area contributed by atoms with E-state index >= 15 is 0 Å². The summed E-state index contributed by atoms with van der Waals surface area (Å²) in [4.78, 5) is 16.4. The van der Waals surface area contributed by atoms with Crippen LogP contribution in [-0.2, 0) is 16.4 Å². The van der Waals surface area contributed by atoms with Crippen LogP contribution in [0.2, 0.25) is 0 Å². The van der Waals surface area contributed by atoms with Gasteiger partial charge in [-0.25, -0.2) is 24.0 Å². The van der Waals surface area contributed by atoms with Crippen LogP contribution in [0.4, 0.5) is 0 Å². The molecule has 2 aromatic rings. The molecule has 0 fully saturated rings. The number of sulfonamides is 1. The summed E-state index contributed by atoms with van der Waals surface area (Å²) in [6.07, 6.45) is 0.666. The summed E-state index contributed by atoms with van der Waals surface area (Å²) < 4.78 is 23.0. The van der Waals surface area contributed by atoms with Crippen molar-refractivity contribution in [1.29, 1.82) is 0 Å². The van der Waals surface area contributed by atoms with Gasteiger partial charge >= 0.3 is 0 Å². The minimum Gasteiger partial charge on any atom is -0.368 e. The van der Waals surface area contributed by atoms with Gasteiger partial charge in [0.05, 0.1) is 4.90 Å². The van der Waals surface area contributed by atoms with Crippen LogP contribution in [0.5, 0.6) is 0 Å². The van der Waals surface area contributed by atoms with Crippen LogP contribution in [0.25, 0.3) is 0 Å². The van der Waals surface area contributed by atoms with E-state index in [4.69, 9.17) is 10.9 Å². The maximum Gasteiger partial charge on any atom is 0.275 e. The van der Waals surface area contributed by atoms with Gasteiger partial charge in [-0.2, -0.15) is 0 Å². The average molecular weight is 412 g/mol. The molecule has 27 heavy (non-hydrogen) atoms. The van der Waals surface area contributed by atoms with Crippen molar-refractivity contribution >= 4 is 34.3 Å². The molecule has 0 radical (unpaired) electrons. The number of amides is 1. The van der Waals surface area contributed by atoms with Crippen molar-refractivity contribution in [2.45, 2.75) is 11.3 Å². The lowest BCUT2D eigenvalue weighted by Gasteiger charge is -2.22. The molecule has 0 unspecified atom stereocenters. The number of hydrogen-bond acceptors (Lipinski definition) is 5. The molecule has 0 atom stereocenters. The highest BCUT2D eigenvalue weighted by Crippen LogP contribution is 2.11. The van der Waals surface area contributed by atoms with Crippen molar-refractivity contribution in [2.24, 2.45) is 15.9 Å². The maximum atomic E-state index is 12.7. The maximum absolute atomic E-state index is 12.7. The van der Waals surface area contributed by atoms with Crippen LogP contribution in [0.3, 0.4) is 0 Å². The van der Waals surface area contributed by atoms with Gasteiger partial charge in [-0.1, -0.05) is 36.4 Å². The summed E-state index contributed by atoms with van der Waals surface area (Å²) in [6, 6.07) is 15.2. The Morgan fingerprint density at radius 3 is 2.41 bits per heavy atom. The Bertz CT molecular complexity index is 904. The third kappa shape index (κ3) is 6.33. The zero-order chi connectivity index (χ0) is 19.2. The number of nitrogens with zero attached hydrogens (tertiary/aromatic N) is 2. The molecular formula is C17H22ClN5O3S. The molecule has 2 aromatic carbocycles. The van der Waals surface area contributed by atoms with Crippen molar-refractivity contribution in [2.75, 3.05) is 13.6 Å². The van der Waals surface area contributed by atoms with Gasteiger partial charge in [0.15, 0.2) is 0 Å².